The van der Waals surface area contributed by atoms with Crippen LogP contribution in [0.1, 0.15) is 13.3 Å². The minimum Gasteiger partial charge on any atom is -0.481 e. The molecule has 1 aliphatic rings. The summed E-state index contributed by atoms with van der Waals surface area (Å²) >= 11 is 0. The van der Waals surface area contributed by atoms with Crippen LogP contribution in [-0.4, -0.2) is 44.3 Å². The van der Waals surface area contributed by atoms with Crippen LogP contribution in [-0.2, 0) is 10.0 Å². The van der Waals surface area contributed by atoms with Crippen LogP contribution in [0.5, 0.6) is 5.75 Å². The van der Waals surface area contributed by atoms with Gasteiger partial charge in [-0.25, -0.2) is 13.4 Å². The van der Waals surface area contributed by atoms with Gasteiger partial charge in [0.15, 0.2) is 0 Å². The van der Waals surface area contributed by atoms with E-state index in [2.05, 4.69) is 16.7 Å². The summed E-state index contributed by atoms with van der Waals surface area (Å²) in [5.74, 6) is 6.03. The zero-order chi connectivity index (χ0) is 15.3. The first-order valence-electron chi connectivity index (χ1n) is 6.59. The van der Waals surface area contributed by atoms with E-state index in [0.29, 0.717) is 25.3 Å². The van der Waals surface area contributed by atoms with E-state index < -0.39 is 16.1 Å². The zero-order valence-electron chi connectivity index (χ0n) is 11.7. The molecular formula is C14H18N2O4S. The third kappa shape index (κ3) is 4.44. The minimum absolute atomic E-state index is 0.151. The number of aliphatic hydroxyl groups excluding tert-OH is 1. The van der Waals surface area contributed by atoms with E-state index >= 15 is 0 Å². The third-order valence-corrected chi connectivity index (χ3v) is 4.43. The highest BCUT2D eigenvalue weighted by Crippen LogP contribution is 2.17. The quantitative estimate of drug-likeness (QED) is 0.767. The molecule has 0 radical (unpaired) electrons. The highest BCUT2D eigenvalue weighted by molar-refractivity contribution is 7.89. The molecule has 7 heteroatoms. The van der Waals surface area contributed by atoms with Gasteiger partial charge in [0.1, 0.15) is 12.4 Å². The summed E-state index contributed by atoms with van der Waals surface area (Å²) < 4.78 is 29.7. The van der Waals surface area contributed by atoms with Crippen LogP contribution in [0.3, 0.4) is 0 Å². The Balaban J connectivity index is 2.00. The molecule has 2 N–H and O–H groups in total. The van der Waals surface area contributed by atoms with Gasteiger partial charge >= 0.3 is 0 Å². The molecule has 0 aliphatic carbocycles. The third-order valence-electron chi connectivity index (χ3n) is 3.03. The Kier molecular flexibility index (Phi) is 5.20. The number of β-amino-alcohol motifs (C(OH)–C–C–N with tert-alkyl or cyclic N) is 1. The Morgan fingerprint density at radius 3 is 2.71 bits per heavy atom. The Morgan fingerprint density at radius 2 is 2.14 bits per heavy atom. The van der Waals surface area contributed by atoms with Gasteiger partial charge in [-0.1, -0.05) is 5.92 Å². The molecular weight excluding hydrogens is 292 g/mol. The maximum Gasteiger partial charge on any atom is 0.253 e. The van der Waals surface area contributed by atoms with Gasteiger partial charge in [0.05, 0.1) is 11.0 Å². The summed E-state index contributed by atoms with van der Waals surface area (Å²) in [6.45, 7) is 2.79. The Bertz CT molecular complexity index is 631. The predicted molar refractivity (Wildman–Crippen MR) is 77.9 cm³/mol. The van der Waals surface area contributed by atoms with Gasteiger partial charge in [0, 0.05) is 13.1 Å². The van der Waals surface area contributed by atoms with Crippen molar-refractivity contribution in [2.24, 2.45) is 0 Å². The van der Waals surface area contributed by atoms with Crippen molar-refractivity contribution in [1.29, 1.82) is 0 Å². The number of rotatable bonds is 5. The maximum absolute atomic E-state index is 12.2. The van der Waals surface area contributed by atoms with Gasteiger partial charge < -0.3 is 9.84 Å². The second kappa shape index (κ2) is 6.91. The summed E-state index contributed by atoms with van der Waals surface area (Å²) in [4.78, 5) is 2.61. The SMILES string of the molecule is CC#CCOc1ccc(S(=O)(=O)NN2CC[C@@H](O)C2)cc1. The second-order valence-electron chi connectivity index (χ2n) is 4.67. The predicted octanol–water partition coefficient (Wildman–Crippen LogP) is 0.349. The molecule has 114 valence electrons. The molecule has 0 amide bonds. The van der Waals surface area contributed by atoms with Gasteiger partial charge in [-0.15, -0.1) is 10.8 Å². The van der Waals surface area contributed by atoms with Crippen LogP contribution in [0.2, 0.25) is 0 Å². The van der Waals surface area contributed by atoms with E-state index in [-0.39, 0.29) is 11.5 Å². The highest BCUT2D eigenvalue weighted by atomic mass is 32.2. The molecule has 0 unspecified atom stereocenters. The van der Waals surface area contributed by atoms with Gasteiger partial charge in [-0.05, 0) is 37.6 Å². The van der Waals surface area contributed by atoms with E-state index in [4.69, 9.17) is 4.74 Å². The molecule has 0 aromatic heterocycles. The van der Waals surface area contributed by atoms with Crippen molar-refractivity contribution in [3.05, 3.63) is 24.3 Å². The first-order valence-corrected chi connectivity index (χ1v) is 8.07. The summed E-state index contributed by atoms with van der Waals surface area (Å²) in [5.41, 5.74) is 0. The number of sulfonamides is 1. The molecule has 0 bridgehead atoms. The molecule has 1 aliphatic heterocycles. The van der Waals surface area contributed by atoms with Crippen molar-refractivity contribution in [1.82, 2.24) is 9.84 Å². The molecule has 0 spiro atoms. The van der Waals surface area contributed by atoms with Gasteiger partial charge in [-0.2, -0.15) is 0 Å². The lowest BCUT2D eigenvalue weighted by Gasteiger charge is -2.16. The lowest BCUT2D eigenvalue weighted by Crippen LogP contribution is -2.40. The van der Waals surface area contributed by atoms with E-state index in [1.54, 1.807) is 19.1 Å². The molecule has 1 saturated heterocycles. The van der Waals surface area contributed by atoms with E-state index in [9.17, 15) is 13.5 Å². The number of benzene rings is 1. The highest BCUT2D eigenvalue weighted by Gasteiger charge is 2.25. The van der Waals surface area contributed by atoms with E-state index in [0.717, 1.165) is 0 Å². The molecule has 2 rings (SSSR count). The number of hydrazine groups is 1. The number of hydrogen-bond acceptors (Lipinski definition) is 5. The topological polar surface area (TPSA) is 78.9 Å². The maximum atomic E-state index is 12.2. The van der Waals surface area contributed by atoms with Crippen LogP contribution < -0.4 is 9.57 Å². The first kappa shape index (κ1) is 15.8. The molecule has 0 saturated carbocycles. The van der Waals surface area contributed by atoms with E-state index in [1.165, 1.54) is 17.1 Å². The molecule has 1 aromatic rings. The van der Waals surface area contributed by atoms with E-state index in [1.807, 2.05) is 0 Å². The Labute approximate surface area is 124 Å². The Hall–Kier alpha value is -1.59. The van der Waals surface area contributed by atoms with Gasteiger partial charge in [0.25, 0.3) is 10.0 Å². The monoisotopic (exact) mass is 310 g/mol. The van der Waals surface area contributed by atoms with Gasteiger partial charge in [-0.3, -0.25) is 0 Å². The summed E-state index contributed by atoms with van der Waals surface area (Å²) in [7, 11) is -3.63. The summed E-state index contributed by atoms with van der Waals surface area (Å²) in [6.07, 6.45) is 0.0801. The number of ether oxygens (including phenoxy) is 1. The minimum atomic E-state index is -3.63. The van der Waals surface area contributed by atoms with Crippen molar-refractivity contribution in [3.63, 3.8) is 0 Å². The fraction of sp³-hybridized carbons (Fsp3) is 0.429. The van der Waals surface area contributed by atoms with Gasteiger partial charge in [0.2, 0.25) is 0 Å². The van der Waals surface area contributed by atoms with Crippen molar-refractivity contribution in [2.45, 2.75) is 24.3 Å². The van der Waals surface area contributed by atoms with Crippen LogP contribution in [0.15, 0.2) is 29.2 Å². The average Bonchev–Trinajstić information content (AvgIpc) is 2.84. The largest absolute Gasteiger partial charge is 0.481 e. The van der Waals surface area contributed by atoms with Crippen molar-refractivity contribution < 1.29 is 18.3 Å². The Morgan fingerprint density at radius 1 is 1.43 bits per heavy atom. The summed E-state index contributed by atoms with van der Waals surface area (Å²) in [5, 5.41) is 10.9. The fourth-order valence-electron chi connectivity index (χ4n) is 1.95. The standard InChI is InChI=1S/C14H18N2O4S/c1-2-3-10-20-13-4-6-14(7-5-13)21(18,19)15-16-9-8-12(17)11-16/h4-7,12,15,17H,8-11H2,1H3/t12-/m1/s1. The zero-order valence-corrected chi connectivity index (χ0v) is 12.6. The molecule has 1 fully saturated rings. The van der Waals surface area contributed by atoms with Crippen LogP contribution >= 0.6 is 0 Å². The lowest BCUT2D eigenvalue weighted by atomic mass is 10.3. The second-order valence-corrected chi connectivity index (χ2v) is 6.33. The van der Waals surface area contributed by atoms with Crippen molar-refractivity contribution in [3.8, 4) is 17.6 Å². The fourth-order valence-corrected chi connectivity index (χ4v) is 3.06. The molecule has 1 heterocycles. The first-order chi connectivity index (χ1) is 10.0. The number of aliphatic hydroxyl groups is 1. The molecule has 1 atom stereocenters. The normalized spacial score (nSPS) is 19.0. The number of hydrogen-bond donors (Lipinski definition) is 2. The molecule has 21 heavy (non-hydrogen) atoms. The van der Waals surface area contributed by atoms with Crippen molar-refractivity contribution >= 4 is 10.0 Å². The van der Waals surface area contributed by atoms with Crippen LogP contribution in [0.25, 0.3) is 0 Å². The average molecular weight is 310 g/mol. The summed E-state index contributed by atoms with van der Waals surface area (Å²) in [6, 6.07) is 6.13. The van der Waals surface area contributed by atoms with Crippen LogP contribution in [0, 0.1) is 11.8 Å². The number of nitrogens with zero attached hydrogens (tertiary/aromatic N) is 1. The molecule has 1 aromatic carbocycles. The smallest absolute Gasteiger partial charge is 0.253 e. The van der Waals surface area contributed by atoms with Crippen molar-refractivity contribution in [2.75, 3.05) is 19.7 Å². The number of nitrogens with one attached hydrogen (secondary N) is 1. The molecule has 6 nitrogen and oxygen atoms in total. The lowest BCUT2D eigenvalue weighted by molar-refractivity contribution is 0.170. The van der Waals surface area contributed by atoms with Crippen LogP contribution in [0.4, 0.5) is 0 Å².